The van der Waals surface area contributed by atoms with E-state index < -0.39 is 6.43 Å². The van der Waals surface area contributed by atoms with Crippen LogP contribution in [0.5, 0.6) is 0 Å². The zero-order chi connectivity index (χ0) is 9.30. The third kappa shape index (κ3) is 2.14. The Hall–Kier alpha value is 0.260. The van der Waals surface area contributed by atoms with Crippen LogP contribution in [-0.4, -0.2) is 4.98 Å². The second-order valence-corrected chi connectivity index (χ2v) is 3.92. The molecule has 0 aliphatic rings. The molecule has 1 aromatic rings. The summed E-state index contributed by atoms with van der Waals surface area (Å²) in [7, 11) is 0. The Balaban J connectivity index is 3.21. The van der Waals surface area contributed by atoms with Crippen LogP contribution in [0.1, 0.15) is 12.1 Å². The summed E-state index contributed by atoms with van der Waals surface area (Å²) >= 11 is 11.6. The minimum Gasteiger partial charge on any atom is -0.238 e. The lowest BCUT2D eigenvalue weighted by atomic mass is 10.4. The monoisotopic (exact) mass is 319 g/mol. The number of alkyl halides is 2. The van der Waals surface area contributed by atoms with Crippen molar-refractivity contribution in [3.05, 3.63) is 25.9 Å². The summed E-state index contributed by atoms with van der Waals surface area (Å²) in [5.74, 6) is 0. The van der Waals surface area contributed by atoms with Crippen LogP contribution >= 0.6 is 43.5 Å². The van der Waals surface area contributed by atoms with Crippen molar-refractivity contribution in [3.63, 3.8) is 0 Å². The molecule has 0 radical (unpaired) electrons. The molecule has 0 unspecified atom stereocenters. The van der Waals surface area contributed by atoms with E-state index in [-0.39, 0.29) is 10.3 Å². The molecule has 0 fully saturated rings. The molecule has 0 aliphatic heterocycles. The highest BCUT2D eigenvalue weighted by molar-refractivity contribution is 9.11. The van der Waals surface area contributed by atoms with Gasteiger partial charge in [-0.1, -0.05) is 11.6 Å². The highest BCUT2D eigenvalue weighted by Gasteiger charge is 2.13. The molecule has 0 N–H and O–H groups in total. The Labute approximate surface area is 89.4 Å². The van der Waals surface area contributed by atoms with Crippen molar-refractivity contribution < 1.29 is 8.78 Å². The minimum atomic E-state index is -2.59. The van der Waals surface area contributed by atoms with Gasteiger partial charge >= 0.3 is 0 Å². The van der Waals surface area contributed by atoms with Gasteiger partial charge in [-0.15, -0.1) is 0 Å². The lowest BCUT2D eigenvalue weighted by molar-refractivity contribution is 0.146. The predicted molar refractivity (Wildman–Crippen MR) is 49.6 cm³/mol. The Kier molecular flexibility index (Phi) is 3.43. The molecule has 6 heteroatoms. The second kappa shape index (κ2) is 3.98. The van der Waals surface area contributed by atoms with Gasteiger partial charge in [0.1, 0.15) is 10.3 Å². The summed E-state index contributed by atoms with van der Waals surface area (Å²) in [5.41, 5.74) is -0.307. The Bertz CT molecular complexity index is 283. The number of pyridine rings is 1. The fourth-order valence-electron chi connectivity index (χ4n) is 0.598. The highest BCUT2D eigenvalue weighted by Crippen LogP contribution is 2.32. The maximum Gasteiger partial charge on any atom is 0.280 e. The van der Waals surface area contributed by atoms with Gasteiger partial charge in [-0.3, -0.25) is 0 Å². The number of hydrogen-bond donors (Lipinski definition) is 0. The minimum absolute atomic E-state index is 0.217. The molecule has 0 aliphatic carbocycles. The van der Waals surface area contributed by atoms with Crippen LogP contribution in [0.15, 0.2) is 15.1 Å². The van der Waals surface area contributed by atoms with Crippen molar-refractivity contribution in [1.29, 1.82) is 0 Å². The summed E-state index contributed by atoms with van der Waals surface area (Å²) in [6, 6.07) is 1.19. The topological polar surface area (TPSA) is 12.9 Å². The molecule has 0 bridgehead atoms. The summed E-state index contributed by atoms with van der Waals surface area (Å²) in [4.78, 5) is 3.54. The first-order valence-electron chi connectivity index (χ1n) is 2.82. The van der Waals surface area contributed by atoms with Crippen molar-refractivity contribution in [1.82, 2.24) is 4.98 Å². The molecule has 66 valence electrons. The van der Waals surface area contributed by atoms with E-state index in [4.69, 9.17) is 11.6 Å². The molecule has 0 saturated heterocycles. The molecule has 1 rings (SSSR count). The van der Waals surface area contributed by atoms with Crippen LogP contribution in [0.4, 0.5) is 8.78 Å². The molecule has 12 heavy (non-hydrogen) atoms. The quantitative estimate of drug-likeness (QED) is 0.707. The molecular weight excluding hydrogens is 319 g/mol. The van der Waals surface area contributed by atoms with Gasteiger partial charge in [0.2, 0.25) is 0 Å². The van der Waals surface area contributed by atoms with Crippen LogP contribution in [0.2, 0.25) is 5.02 Å². The summed E-state index contributed by atoms with van der Waals surface area (Å²) in [5, 5.41) is 0.291. The van der Waals surface area contributed by atoms with E-state index in [0.29, 0.717) is 9.50 Å². The van der Waals surface area contributed by atoms with Crippen molar-refractivity contribution in [2.24, 2.45) is 0 Å². The summed E-state index contributed by atoms with van der Waals surface area (Å²) in [6.45, 7) is 0. The van der Waals surface area contributed by atoms with E-state index in [9.17, 15) is 8.78 Å². The maximum absolute atomic E-state index is 12.1. The molecular formula is C6H2Br2ClF2N. The SMILES string of the molecule is FC(F)c1cc(Br)c(Cl)c(Br)n1. The lowest BCUT2D eigenvalue weighted by Crippen LogP contribution is -1.91. The molecule has 0 amide bonds. The smallest absolute Gasteiger partial charge is 0.238 e. The standard InChI is InChI=1S/C6H2Br2ClF2N/c7-2-1-3(6(10)11)12-5(8)4(2)9/h1,6H. The largest absolute Gasteiger partial charge is 0.280 e. The van der Waals surface area contributed by atoms with Crippen molar-refractivity contribution in [2.45, 2.75) is 6.43 Å². The van der Waals surface area contributed by atoms with E-state index in [2.05, 4.69) is 36.8 Å². The van der Waals surface area contributed by atoms with Gasteiger partial charge < -0.3 is 0 Å². The normalized spacial score (nSPS) is 10.8. The number of aromatic nitrogens is 1. The first kappa shape index (κ1) is 10.3. The third-order valence-electron chi connectivity index (χ3n) is 1.12. The molecule has 1 aromatic heterocycles. The first-order valence-corrected chi connectivity index (χ1v) is 4.78. The summed E-state index contributed by atoms with van der Waals surface area (Å²) < 4.78 is 24.8. The number of rotatable bonds is 1. The average molecular weight is 321 g/mol. The maximum atomic E-state index is 12.1. The van der Waals surface area contributed by atoms with E-state index in [1.54, 1.807) is 0 Å². The molecule has 1 nitrogen and oxygen atoms in total. The first-order chi connectivity index (χ1) is 5.52. The number of nitrogens with zero attached hydrogens (tertiary/aromatic N) is 1. The highest BCUT2D eigenvalue weighted by atomic mass is 79.9. The van der Waals surface area contributed by atoms with Gasteiger partial charge in [0.15, 0.2) is 0 Å². The zero-order valence-electron chi connectivity index (χ0n) is 5.49. The fourth-order valence-corrected chi connectivity index (χ4v) is 1.80. The molecule has 0 atom stereocenters. The van der Waals surface area contributed by atoms with Gasteiger partial charge in [-0.05, 0) is 37.9 Å². The number of halogens is 5. The average Bonchev–Trinajstić information content (AvgIpc) is 1.99. The van der Waals surface area contributed by atoms with E-state index in [0.717, 1.165) is 0 Å². The van der Waals surface area contributed by atoms with Crippen LogP contribution in [0.3, 0.4) is 0 Å². The molecule has 0 saturated carbocycles. The predicted octanol–water partition coefficient (Wildman–Crippen LogP) is 4.20. The Morgan fingerprint density at radius 2 is 2.00 bits per heavy atom. The van der Waals surface area contributed by atoms with Crippen LogP contribution in [-0.2, 0) is 0 Å². The van der Waals surface area contributed by atoms with Gasteiger partial charge in [0, 0.05) is 4.47 Å². The van der Waals surface area contributed by atoms with E-state index >= 15 is 0 Å². The lowest BCUT2D eigenvalue weighted by Gasteiger charge is -2.02. The van der Waals surface area contributed by atoms with Crippen molar-refractivity contribution in [3.8, 4) is 0 Å². The van der Waals surface area contributed by atoms with Gasteiger partial charge in [0.25, 0.3) is 6.43 Å². The van der Waals surface area contributed by atoms with Crippen LogP contribution < -0.4 is 0 Å². The van der Waals surface area contributed by atoms with Crippen LogP contribution in [0, 0.1) is 0 Å². The van der Waals surface area contributed by atoms with E-state index in [1.165, 1.54) is 6.07 Å². The van der Waals surface area contributed by atoms with Gasteiger partial charge in [-0.25, -0.2) is 13.8 Å². The van der Waals surface area contributed by atoms with E-state index in [1.807, 2.05) is 0 Å². The van der Waals surface area contributed by atoms with Gasteiger partial charge in [0.05, 0.1) is 5.02 Å². The van der Waals surface area contributed by atoms with Crippen molar-refractivity contribution >= 4 is 43.5 Å². The third-order valence-corrected chi connectivity index (χ3v) is 3.15. The molecule has 1 heterocycles. The summed E-state index contributed by atoms with van der Waals surface area (Å²) in [6.07, 6.45) is -2.59. The molecule has 0 spiro atoms. The fraction of sp³-hybridized carbons (Fsp3) is 0.167. The van der Waals surface area contributed by atoms with Crippen LogP contribution in [0.25, 0.3) is 0 Å². The number of hydrogen-bond acceptors (Lipinski definition) is 1. The van der Waals surface area contributed by atoms with Crippen molar-refractivity contribution in [2.75, 3.05) is 0 Å². The Morgan fingerprint density at radius 3 is 2.42 bits per heavy atom. The second-order valence-electron chi connectivity index (χ2n) is 1.93. The zero-order valence-corrected chi connectivity index (χ0v) is 9.42. The Morgan fingerprint density at radius 1 is 1.42 bits per heavy atom. The van der Waals surface area contributed by atoms with Gasteiger partial charge in [-0.2, -0.15) is 0 Å². The molecule has 0 aromatic carbocycles.